The molecule has 0 spiro atoms. The monoisotopic (exact) mass is 236 g/mol. The van der Waals surface area contributed by atoms with Gasteiger partial charge in [-0.2, -0.15) is 0 Å². The smallest absolute Gasteiger partial charge is 0.236 e. The molecule has 6 heteroatoms. The molecule has 0 saturated heterocycles. The molecule has 0 fully saturated rings. The van der Waals surface area contributed by atoms with Crippen molar-refractivity contribution >= 4 is 15.7 Å². The van der Waals surface area contributed by atoms with E-state index in [2.05, 4.69) is 5.32 Å². The Morgan fingerprint density at radius 1 is 1.47 bits per heavy atom. The zero-order chi connectivity index (χ0) is 11.9. The van der Waals surface area contributed by atoms with Gasteiger partial charge in [0, 0.05) is 12.8 Å². The summed E-state index contributed by atoms with van der Waals surface area (Å²) >= 11 is 0. The highest BCUT2D eigenvalue weighted by atomic mass is 32.2. The van der Waals surface area contributed by atoms with Crippen molar-refractivity contribution < 1.29 is 13.2 Å². The molecule has 0 aliphatic rings. The molecule has 0 aromatic heterocycles. The van der Waals surface area contributed by atoms with Gasteiger partial charge >= 0.3 is 0 Å². The summed E-state index contributed by atoms with van der Waals surface area (Å²) in [7, 11) is -3.02. The van der Waals surface area contributed by atoms with Crippen LogP contribution in [0.1, 0.15) is 26.2 Å². The second-order valence-corrected chi connectivity index (χ2v) is 5.93. The number of amides is 1. The van der Waals surface area contributed by atoms with Crippen LogP contribution in [-0.2, 0) is 14.6 Å². The van der Waals surface area contributed by atoms with E-state index >= 15 is 0 Å². The molecule has 0 aromatic carbocycles. The van der Waals surface area contributed by atoms with Gasteiger partial charge in [-0.3, -0.25) is 4.79 Å². The molecule has 1 amide bonds. The lowest BCUT2D eigenvalue weighted by Crippen LogP contribution is -2.42. The SMILES string of the molecule is CCCC[C@H](N)C(=O)NCCS(C)(=O)=O. The standard InChI is InChI=1S/C9H20N2O3S/c1-3-4-5-8(10)9(12)11-6-7-15(2,13)14/h8H,3-7,10H2,1-2H3,(H,11,12)/t8-/m0/s1. The Kier molecular flexibility index (Phi) is 6.51. The van der Waals surface area contributed by atoms with Gasteiger partial charge in [0.1, 0.15) is 9.84 Å². The van der Waals surface area contributed by atoms with Crippen LogP contribution in [0.5, 0.6) is 0 Å². The summed E-state index contributed by atoms with van der Waals surface area (Å²) in [4.78, 5) is 11.3. The van der Waals surface area contributed by atoms with Crippen LogP contribution in [0.25, 0.3) is 0 Å². The van der Waals surface area contributed by atoms with E-state index in [1.165, 1.54) is 0 Å². The molecular formula is C9H20N2O3S. The maximum atomic E-state index is 11.3. The van der Waals surface area contributed by atoms with Crippen molar-refractivity contribution in [1.82, 2.24) is 5.32 Å². The van der Waals surface area contributed by atoms with Gasteiger partial charge in [0.05, 0.1) is 11.8 Å². The van der Waals surface area contributed by atoms with Crippen LogP contribution in [0.3, 0.4) is 0 Å². The molecule has 0 heterocycles. The molecule has 5 nitrogen and oxygen atoms in total. The third-order valence-corrected chi connectivity index (χ3v) is 2.92. The van der Waals surface area contributed by atoms with E-state index in [0.29, 0.717) is 6.42 Å². The van der Waals surface area contributed by atoms with Crippen molar-refractivity contribution in [2.45, 2.75) is 32.2 Å². The second kappa shape index (κ2) is 6.79. The third-order valence-electron chi connectivity index (χ3n) is 1.98. The van der Waals surface area contributed by atoms with E-state index in [-0.39, 0.29) is 18.2 Å². The molecule has 0 saturated carbocycles. The fraction of sp³-hybridized carbons (Fsp3) is 0.889. The average molecular weight is 236 g/mol. The minimum absolute atomic E-state index is 0.0424. The molecule has 0 unspecified atom stereocenters. The van der Waals surface area contributed by atoms with Gasteiger partial charge in [-0.05, 0) is 6.42 Å². The number of nitrogens with two attached hydrogens (primary N) is 1. The summed E-state index contributed by atoms with van der Waals surface area (Å²) in [6.07, 6.45) is 3.67. The molecule has 15 heavy (non-hydrogen) atoms. The lowest BCUT2D eigenvalue weighted by Gasteiger charge is -2.10. The molecule has 90 valence electrons. The van der Waals surface area contributed by atoms with Gasteiger partial charge in [0.2, 0.25) is 5.91 Å². The Labute approximate surface area is 91.3 Å². The van der Waals surface area contributed by atoms with Crippen LogP contribution in [0.4, 0.5) is 0 Å². The van der Waals surface area contributed by atoms with Crippen molar-refractivity contribution in [1.29, 1.82) is 0 Å². The molecule has 0 radical (unpaired) electrons. The van der Waals surface area contributed by atoms with Crippen molar-refractivity contribution in [2.75, 3.05) is 18.6 Å². The van der Waals surface area contributed by atoms with E-state index in [0.717, 1.165) is 19.1 Å². The predicted molar refractivity (Wildman–Crippen MR) is 60.2 cm³/mol. The third kappa shape index (κ3) is 8.38. The molecule has 0 rings (SSSR count). The van der Waals surface area contributed by atoms with E-state index in [1.54, 1.807) is 0 Å². The van der Waals surface area contributed by atoms with Crippen LogP contribution < -0.4 is 11.1 Å². The Hall–Kier alpha value is -0.620. The summed E-state index contributed by atoms with van der Waals surface area (Å²) in [6, 6.07) is -0.524. The Bertz CT molecular complexity index is 288. The normalized spacial score (nSPS) is 13.5. The molecular weight excluding hydrogens is 216 g/mol. The highest BCUT2D eigenvalue weighted by molar-refractivity contribution is 7.90. The molecule has 1 atom stereocenters. The van der Waals surface area contributed by atoms with Crippen LogP contribution in [-0.4, -0.2) is 38.9 Å². The van der Waals surface area contributed by atoms with Gasteiger partial charge in [0.15, 0.2) is 0 Å². The zero-order valence-electron chi connectivity index (χ0n) is 9.32. The number of unbranched alkanes of at least 4 members (excludes halogenated alkanes) is 1. The van der Waals surface area contributed by atoms with E-state index in [9.17, 15) is 13.2 Å². The number of hydrogen-bond acceptors (Lipinski definition) is 4. The van der Waals surface area contributed by atoms with Crippen molar-refractivity contribution in [3.63, 3.8) is 0 Å². The summed E-state index contributed by atoms with van der Waals surface area (Å²) in [5, 5.41) is 2.50. The number of rotatable bonds is 7. The number of nitrogens with one attached hydrogen (secondary N) is 1. The van der Waals surface area contributed by atoms with E-state index < -0.39 is 15.9 Å². The second-order valence-electron chi connectivity index (χ2n) is 3.67. The van der Waals surface area contributed by atoms with Crippen molar-refractivity contribution in [3.05, 3.63) is 0 Å². The first-order valence-electron chi connectivity index (χ1n) is 5.08. The van der Waals surface area contributed by atoms with Gasteiger partial charge in [0.25, 0.3) is 0 Å². The van der Waals surface area contributed by atoms with Crippen LogP contribution in [0.15, 0.2) is 0 Å². The molecule has 3 N–H and O–H groups in total. The first-order valence-corrected chi connectivity index (χ1v) is 7.14. The Balaban J connectivity index is 3.74. The van der Waals surface area contributed by atoms with Crippen molar-refractivity contribution in [3.8, 4) is 0 Å². The minimum Gasteiger partial charge on any atom is -0.354 e. The zero-order valence-corrected chi connectivity index (χ0v) is 10.1. The number of carbonyl (C=O) groups is 1. The lowest BCUT2D eigenvalue weighted by molar-refractivity contribution is -0.122. The molecule has 0 bridgehead atoms. The first kappa shape index (κ1) is 14.4. The average Bonchev–Trinajstić information content (AvgIpc) is 2.11. The van der Waals surface area contributed by atoms with E-state index in [4.69, 9.17) is 5.73 Å². The summed E-state index contributed by atoms with van der Waals surface area (Å²) in [6.45, 7) is 2.16. The number of hydrogen-bond donors (Lipinski definition) is 2. The summed E-state index contributed by atoms with van der Waals surface area (Å²) in [5.74, 6) is -0.314. The Morgan fingerprint density at radius 3 is 2.53 bits per heavy atom. The molecule has 0 aromatic rings. The van der Waals surface area contributed by atoms with Crippen LogP contribution in [0.2, 0.25) is 0 Å². The fourth-order valence-corrected chi connectivity index (χ4v) is 1.52. The van der Waals surface area contributed by atoms with E-state index in [1.807, 2.05) is 6.92 Å². The van der Waals surface area contributed by atoms with Crippen LogP contribution >= 0.6 is 0 Å². The van der Waals surface area contributed by atoms with Gasteiger partial charge < -0.3 is 11.1 Å². The quantitative estimate of drug-likeness (QED) is 0.633. The number of sulfone groups is 1. The van der Waals surface area contributed by atoms with Gasteiger partial charge in [-0.25, -0.2) is 8.42 Å². The Morgan fingerprint density at radius 2 is 2.07 bits per heavy atom. The topological polar surface area (TPSA) is 89.3 Å². The summed E-state index contributed by atoms with van der Waals surface area (Å²) < 4.78 is 21.5. The molecule has 0 aliphatic heterocycles. The minimum atomic E-state index is -3.02. The maximum absolute atomic E-state index is 11.3. The first-order chi connectivity index (χ1) is 6.87. The van der Waals surface area contributed by atoms with Crippen molar-refractivity contribution in [2.24, 2.45) is 5.73 Å². The van der Waals surface area contributed by atoms with Gasteiger partial charge in [-0.15, -0.1) is 0 Å². The fourth-order valence-electron chi connectivity index (χ4n) is 1.05. The predicted octanol–water partition coefficient (Wildman–Crippen LogP) is -0.335. The maximum Gasteiger partial charge on any atom is 0.236 e. The highest BCUT2D eigenvalue weighted by Gasteiger charge is 2.12. The van der Waals surface area contributed by atoms with Crippen LogP contribution in [0, 0.1) is 0 Å². The largest absolute Gasteiger partial charge is 0.354 e. The number of carbonyl (C=O) groups excluding carboxylic acids is 1. The van der Waals surface area contributed by atoms with Gasteiger partial charge in [-0.1, -0.05) is 19.8 Å². The lowest BCUT2D eigenvalue weighted by atomic mass is 10.1. The highest BCUT2D eigenvalue weighted by Crippen LogP contribution is 1.97. The molecule has 0 aliphatic carbocycles. The summed E-state index contributed by atoms with van der Waals surface area (Å²) in [5.41, 5.74) is 5.59.